The molecule has 6 rings (SSSR count). The Morgan fingerprint density at radius 1 is 0.913 bits per heavy atom. The van der Waals surface area contributed by atoms with E-state index in [1.54, 1.807) is 54.6 Å². The number of halogens is 2. The van der Waals surface area contributed by atoms with Gasteiger partial charge in [-0.3, -0.25) is 0 Å². The number of ether oxygens (including phenoxy) is 2. The summed E-state index contributed by atoms with van der Waals surface area (Å²) in [5.74, 6) is 0.689. The fourth-order valence-electron chi connectivity index (χ4n) is 4.67. The molecule has 0 bridgehead atoms. The monoisotopic (exact) mass is 674 g/mol. The zero-order valence-corrected chi connectivity index (χ0v) is 26.8. The van der Waals surface area contributed by atoms with Gasteiger partial charge in [-0.25, -0.2) is 27.8 Å². The number of nitrogens with zero attached hydrogens (tertiary/aromatic N) is 3. The van der Waals surface area contributed by atoms with E-state index in [-0.39, 0.29) is 24.8 Å². The first-order valence-electron chi connectivity index (χ1n) is 14.3. The first-order valence-corrected chi connectivity index (χ1v) is 17.2. The summed E-state index contributed by atoms with van der Waals surface area (Å²) in [5, 5.41) is 7.40. The first-order chi connectivity index (χ1) is 22.3. The molecule has 1 N–H and O–H groups in total. The van der Waals surface area contributed by atoms with Crippen molar-refractivity contribution in [1.82, 2.24) is 15.0 Å². The van der Waals surface area contributed by atoms with Crippen LogP contribution in [0.2, 0.25) is 5.02 Å². The first kappa shape index (κ1) is 31.6. The molecule has 46 heavy (non-hydrogen) atoms. The second-order valence-corrected chi connectivity index (χ2v) is 13.7. The highest BCUT2D eigenvalue weighted by molar-refractivity contribution is 7.91. The predicted octanol–water partition coefficient (Wildman–Crippen LogP) is 7.90. The van der Waals surface area contributed by atoms with E-state index in [1.807, 2.05) is 29.6 Å². The fraction of sp³-hybridized carbons (Fsp3) is 0.147. The molecule has 0 amide bonds. The van der Waals surface area contributed by atoms with E-state index in [0.29, 0.717) is 45.8 Å². The number of thiazole rings is 1. The summed E-state index contributed by atoms with van der Waals surface area (Å²) in [6.07, 6.45) is 2.07. The molecule has 2 heterocycles. The van der Waals surface area contributed by atoms with Gasteiger partial charge in [0.1, 0.15) is 30.3 Å². The minimum atomic E-state index is -3.37. The zero-order valence-electron chi connectivity index (χ0n) is 24.4. The summed E-state index contributed by atoms with van der Waals surface area (Å²) in [6.45, 7) is 0.674. The molecule has 2 aromatic heterocycles. The van der Waals surface area contributed by atoms with Gasteiger partial charge < -0.3 is 14.8 Å². The smallest absolute Gasteiger partial charge is 0.180 e. The number of aromatic nitrogens is 3. The van der Waals surface area contributed by atoms with Crippen LogP contribution in [0.5, 0.6) is 5.75 Å². The van der Waals surface area contributed by atoms with Crippen LogP contribution >= 0.6 is 22.9 Å². The topological polar surface area (TPSA) is 103 Å². The van der Waals surface area contributed by atoms with Crippen LogP contribution in [0.3, 0.4) is 0 Å². The van der Waals surface area contributed by atoms with Crippen LogP contribution in [-0.4, -0.2) is 42.3 Å². The summed E-state index contributed by atoms with van der Waals surface area (Å²) >= 11 is 8.03. The minimum absolute atomic E-state index is 0.0731. The number of benzene rings is 4. The average molecular weight is 675 g/mol. The number of fused-ring (bicyclic) bond motifs is 1. The molecule has 234 valence electrons. The third kappa shape index (κ3) is 7.86. The molecule has 0 atom stereocenters. The Balaban J connectivity index is 1.08. The van der Waals surface area contributed by atoms with E-state index in [9.17, 15) is 12.8 Å². The van der Waals surface area contributed by atoms with Crippen molar-refractivity contribution in [3.63, 3.8) is 0 Å². The molecule has 0 saturated heterocycles. The summed E-state index contributed by atoms with van der Waals surface area (Å²) in [6, 6.07) is 25.8. The van der Waals surface area contributed by atoms with Crippen LogP contribution in [0.1, 0.15) is 10.6 Å². The molecular formula is C34H28ClFN4O4S2. The van der Waals surface area contributed by atoms with E-state index in [1.165, 1.54) is 29.8 Å². The van der Waals surface area contributed by atoms with Crippen molar-refractivity contribution >= 4 is 55.2 Å². The van der Waals surface area contributed by atoms with Crippen molar-refractivity contribution < 1.29 is 22.3 Å². The molecule has 0 spiro atoms. The molecule has 12 heteroatoms. The van der Waals surface area contributed by atoms with Gasteiger partial charge in [0.2, 0.25) is 0 Å². The summed E-state index contributed by atoms with van der Waals surface area (Å²) < 4.78 is 49.8. The molecule has 0 aliphatic heterocycles. The largest absolute Gasteiger partial charge is 0.487 e. The van der Waals surface area contributed by atoms with Gasteiger partial charge in [0.05, 0.1) is 45.1 Å². The zero-order chi connectivity index (χ0) is 31.9. The van der Waals surface area contributed by atoms with E-state index in [4.69, 9.17) is 26.1 Å². The van der Waals surface area contributed by atoms with E-state index in [0.717, 1.165) is 27.2 Å². The molecule has 0 unspecified atom stereocenters. The highest BCUT2D eigenvalue weighted by Gasteiger charge is 2.14. The third-order valence-corrected chi connectivity index (χ3v) is 9.92. The Kier molecular flexibility index (Phi) is 9.84. The maximum Gasteiger partial charge on any atom is 0.180 e. The molecule has 0 fully saturated rings. The van der Waals surface area contributed by atoms with Gasteiger partial charge in [0, 0.05) is 28.4 Å². The van der Waals surface area contributed by atoms with Crippen LogP contribution < -0.4 is 10.1 Å². The maximum atomic E-state index is 13.5. The van der Waals surface area contributed by atoms with Crippen molar-refractivity contribution in [2.45, 2.75) is 17.9 Å². The standard InChI is InChI=1S/C34H28ClFN4O4S2/c35-29-19-26(10-12-32(29)44-20-23-5-4-6-25(36)17-23)39-34-28-18-24(9-11-30(28)37-22-38-34)31-21-45-33(40-31)13-14-43-15-16-46(41,42)27-7-2-1-3-8-27/h1-12,17-19,21-22H,13-16,20H2,(H,37,38,39). The van der Waals surface area contributed by atoms with Crippen LogP contribution in [-0.2, 0) is 27.6 Å². The third-order valence-electron chi connectivity index (χ3n) is 7.02. The lowest BCUT2D eigenvalue weighted by molar-refractivity contribution is 0.152. The molecule has 4 aromatic carbocycles. The van der Waals surface area contributed by atoms with Gasteiger partial charge >= 0.3 is 0 Å². The molecule has 0 radical (unpaired) electrons. The maximum absolute atomic E-state index is 13.5. The molecule has 0 aliphatic carbocycles. The van der Waals surface area contributed by atoms with Gasteiger partial charge in [-0.05, 0) is 60.2 Å². The molecule has 0 aliphatic rings. The fourth-order valence-corrected chi connectivity index (χ4v) is 6.84. The van der Waals surface area contributed by atoms with Gasteiger partial charge in [-0.15, -0.1) is 11.3 Å². The van der Waals surface area contributed by atoms with Crippen molar-refractivity contribution in [2.75, 3.05) is 24.3 Å². The lowest BCUT2D eigenvalue weighted by atomic mass is 10.1. The second-order valence-electron chi connectivity index (χ2n) is 10.3. The van der Waals surface area contributed by atoms with Crippen molar-refractivity contribution in [3.8, 4) is 17.0 Å². The average Bonchev–Trinajstić information content (AvgIpc) is 3.54. The van der Waals surface area contributed by atoms with Gasteiger partial charge in [-0.2, -0.15) is 0 Å². The van der Waals surface area contributed by atoms with Crippen LogP contribution in [0.4, 0.5) is 15.9 Å². The van der Waals surface area contributed by atoms with Gasteiger partial charge in [0.25, 0.3) is 0 Å². The number of hydrogen-bond acceptors (Lipinski definition) is 9. The van der Waals surface area contributed by atoms with Gasteiger partial charge in [0.15, 0.2) is 9.84 Å². The van der Waals surface area contributed by atoms with Gasteiger partial charge in [-0.1, -0.05) is 48.0 Å². The lowest BCUT2D eigenvalue weighted by Crippen LogP contribution is -2.13. The Labute approximate surface area is 274 Å². The lowest BCUT2D eigenvalue weighted by Gasteiger charge is -2.12. The quantitative estimate of drug-likeness (QED) is 0.123. The number of anilines is 2. The molecule has 6 aromatic rings. The predicted molar refractivity (Wildman–Crippen MR) is 179 cm³/mol. The van der Waals surface area contributed by atoms with E-state index < -0.39 is 9.84 Å². The number of rotatable bonds is 13. The Morgan fingerprint density at radius 2 is 1.78 bits per heavy atom. The number of sulfone groups is 1. The van der Waals surface area contributed by atoms with Crippen molar-refractivity contribution in [1.29, 1.82) is 0 Å². The molecular weight excluding hydrogens is 647 g/mol. The Bertz CT molecular complexity index is 2080. The second kappa shape index (κ2) is 14.3. The summed E-state index contributed by atoms with van der Waals surface area (Å²) in [4.78, 5) is 13.9. The molecule has 8 nitrogen and oxygen atoms in total. The van der Waals surface area contributed by atoms with Crippen molar-refractivity contribution in [3.05, 3.63) is 124 Å². The van der Waals surface area contributed by atoms with E-state index in [2.05, 4.69) is 15.3 Å². The van der Waals surface area contributed by atoms with Crippen LogP contribution in [0.25, 0.3) is 22.2 Å². The van der Waals surface area contributed by atoms with Crippen LogP contribution in [0.15, 0.2) is 108 Å². The SMILES string of the molecule is O=S(=O)(CCOCCc1nc(-c2ccc3ncnc(Nc4ccc(OCc5cccc(F)c5)c(Cl)c4)c3c2)cs1)c1ccccc1. The Hall–Kier alpha value is -4.42. The van der Waals surface area contributed by atoms with E-state index >= 15 is 0 Å². The Morgan fingerprint density at radius 3 is 2.61 bits per heavy atom. The summed E-state index contributed by atoms with van der Waals surface area (Å²) in [5.41, 5.74) is 3.89. The summed E-state index contributed by atoms with van der Waals surface area (Å²) in [7, 11) is -3.37. The minimum Gasteiger partial charge on any atom is -0.487 e. The highest BCUT2D eigenvalue weighted by Crippen LogP contribution is 2.33. The highest BCUT2D eigenvalue weighted by atomic mass is 35.5. The molecule has 0 saturated carbocycles. The normalized spacial score (nSPS) is 11.5. The number of hydrogen-bond donors (Lipinski definition) is 1. The van der Waals surface area contributed by atoms with Crippen LogP contribution in [0, 0.1) is 5.82 Å². The number of nitrogens with one attached hydrogen (secondary N) is 1. The van der Waals surface area contributed by atoms with Crippen molar-refractivity contribution in [2.24, 2.45) is 0 Å².